The standard InChI is InChI=1S/C25H19BrF3N3O4S2/c1-13-19(20(31-36-13)14-5-2-6-15(26)11-14)16-12-38-22(30-16)17-7-3-9-32(17)21(18-8-4-10-37-18)23(33)35-24(34)25(27,28)29/h2,4-6,8,10-12,17,21H,3,7,9H2,1H3. The van der Waals surface area contributed by atoms with E-state index in [0.29, 0.717) is 46.4 Å². The van der Waals surface area contributed by atoms with E-state index >= 15 is 0 Å². The molecule has 5 rings (SSSR count). The number of thiophene rings is 1. The summed E-state index contributed by atoms with van der Waals surface area (Å²) in [6.07, 6.45) is -3.94. The molecule has 13 heteroatoms. The fraction of sp³-hybridized carbons (Fsp3) is 0.280. The quantitative estimate of drug-likeness (QED) is 0.167. The highest BCUT2D eigenvalue weighted by Crippen LogP contribution is 2.43. The summed E-state index contributed by atoms with van der Waals surface area (Å²) in [5.41, 5.74) is 2.86. The molecule has 0 spiro atoms. The van der Waals surface area contributed by atoms with E-state index in [2.05, 4.69) is 25.8 Å². The molecule has 0 aliphatic carbocycles. The molecule has 38 heavy (non-hydrogen) atoms. The fourth-order valence-electron chi connectivity index (χ4n) is 4.49. The van der Waals surface area contributed by atoms with Crippen LogP contribution in [0, 0.1) is 6.92 Å². The van der Waals surface area contributed by atoms with Crippen LogP contribution in [0.1, 0.15) is 40.6 Å². The Morgan fingerprint density at radius 2 is 2.05 bits per heavy atom. The van der Waals surface area contributed by atoms with Crippen molar-refractivity contribution in [1.29, 1.82) is 0 Å². The third-order valence-electron chi connectivity index (χ3n) is 6.11. The minimum absolute atomic E-state index is 0.358. The lowest BCUT2D eigenvalue weighted by Gasteiger charge is -2.29. The Balaban J connectivity index is 1.46. The van der Waals surface area contributed by atoms with Crippen molar-refractivity contribution in [3.8, 4) is 22.5 Å². The van der Waals surface area contributed by atoms with E-state index in [1.54, 1.807) is 29.3 Å². The lowest BCUT2D eigenvalue weighted by Crippen LogP contribution is -2.37. The van der Waals surface area contributed by atoms with Crippen molar-refractivity contribution in [2.75, 3.05) is 6.54 Å². The Hall–Kier alpha value is -2.87. The first kappa shape index (κ1) is 26.7. The third-order valence-corrected chi connectivity index (χ3v) is 8.47. The van der Waals surface area contributed by atoms with Gasteiger partial charge in [0.2, 0.25) is 0 Å². The first-order chi connectivity index (χ1) is 18.1. The Bertz CT molecular complexity index is 1470. The number of alkyl halides is 3. The van der Waals surface area contributed by atoms with Crippen molar-refractivity contribution in [3.63, 3.8) is 0 Å². The molecule has 1 aliphatic rings. The Labute approximate surface area is 231 Å². The van der Waals surface area contributed by atoms with Crippen LogP contribution in [0.4, 0.5) is 13.2 Å². The van der Waals surface area contributed by atoms with Gasteiger partial charge < -0.3 is 9.26 Å². The molecule has 0 amide bonds. The van der Waals surface area contributed by atoms with Gasteiger partial charge in [0.1, 0.15) is 22.5 Å². The van der Waals surface area contributed by atoms with Crippen LogP contribution in [0.25, 0.3) is 22.5 Å². The monoisotopic (exact) mass is 625 g/mol. The zero-order valence-electron chi connectivity index (χ0n) is 19.7. The number of hydrogen-bond donors (Lipinski definition) is 0. The second kappa shape index (κ2) is 10.7. The van der Waals surface area contributed by atoms with Crippen LogP contribution in [0.15, 0.2) is 56.2 Å². The predicted molar refractivity (Wildman–Crippen MR) is 138 cm³/mol. The second-order valence-corrected chi connectivity index (χ2v) is 11.3. The van der Waals surface area contributed by atoms with E-state index in [1.165, 1.54) is 22.7 Å². The Kier molecular flexibility index (Phi) is 7.54. The highest BCUT2D eigenvalue weighted by atomic mass is 79.9. The zero-order chi connectivity index (χ0) is 27.0. The van der Waals surface area contributed by atoms with Crippen molar-refractivity contribution >= 4 is 50.5 Å². The minimum atomic E-state index is -5.27. The molecule has 1 aliphatic heterocycles. The molecular weight excluding hydrogens is 607 g/mol. The van der Waals surface area contributed by atoms with Gasteiger partial charge in [-0.1, -0.05) is 39.3 Å². The normalized spacial score (nSPS) is 17.0. The summed E-state index contributed by atoms with van der Waals surface area (Å²) in [4.78, 5) is 31.4. The summed E-state index contributed by atoms with van der Waals surface area (Å²) in [7, 11) is 0. The fourth-order valence-corrected chi connectivity index (χ4v) is 6.69. The summed E-state index contributed by atoms with van der Waals surface area (Å²) in [5.74, 6) is -3.20. The summed E-state index contributed by atoms with van der Waals surface area (Å²) >= 11 is 6.06. The molecule has 1 aromatic carbocycles. The van der Waals surface area contributed by atoms with Gasteiger partial charge in [-0.25, -0.2) is 14.6 Å². The van der Waals surface area contributed by atoms with E-state index < -0.39 is 24.2 Å². The van der Waals surface area contributed by atoms with Crippen molar-refractivity contribution in [1.82, 2.24) is 15.0 Å². The number of carbonyl (C=O) groups excluding carboxylic acids is 2. The Morgan fingerprint density at radius 1 is 1.24 bits per heavy atom. The molecule has 4 heterocycles. The number of ether oxygens (including phenoxy) is 1. The molecule has 1 fully saturated rings. The van der Waals surface area contributed by atoms with Crippen molar-refractivity contribution in [2.24, 2.45) is 0 Å². The van der Waals surface area contributed by atoms with Crippen molar-refractivity contribution in [2.45, 2.75) is 38.0 Å². The largest absolute Gasteiger partial charge is 0.491 e. The maximum Gasteiger partial charge on any atom is 0.491 e. The molecule has 1 saturated heterocycles. The molecule has 2 unspecified atom stereocenters. The summed E-state index contributed by atoms with van der Waals surface area (Å²) in [6, 6.07) is 9.44. The second-order valence-electron chi connectivity index (χ2n) is 8.56. The van der Waals surface area contributed by atoms with Crippen LogP contribution in [-0.2, 0) is 14.3 Å². The zero-order valence-corrected chi connectivity index (χ0v) is 22.9. The number of thiazole rings is 1. The molecule has 7 nitrogen and oxygen atoms in total. The number of nitrogens with zero attached hydrogens (tertiary/aromatic N) is 3. The van der Waals surface area contributed by atoms with Gasteiger partial charge in [-0.15, -0.1) is 22.7 Å². The maximum absolute atomic E-state index is 12.9. The van der Waals surface area contributed by atoms with Gasteiger partial charge in [-0.05, 0) is 43.3 Å². The molecule has 2 atom stereocenters. The summed E-state index contributed by atoms with van der Waals surface area (Å²) in [5, 5.41) is 8.51. The third kappa shape index (κ3) is 5.33. The number of aryl methyl sites for hydroxylation is 1. The summed E-state index contributed by atoms with van der Waals surface area (Å²) in [6.45, 7) is 2.22. The SMILES string of the molecule is Cc1onc(-c2cccc(Br)c2)c1-c1csc(C2CCCN2C(C(=O)OC(=O)C(F)(F)F)c2cccs2)n1. The maximum atomic E-state index is 12.9. The van der Waals surface area contributed by atoms with E-state index in [-0.39, 0.29) is 6.04 Å². The number of halogens is 4. The number of benzene rings is 1. The van der Waals surface area contributed by atoms with Gasteiger partial charge in [0.25, 0.3) is 0 Å². The van der Waals surface area contributed by atoms with Gasteiger partial charge in [-0.2, -0.15) is 13.2 Å². The topological polar surface area (TPSA) is 85.5 Å². The first-order valence-electron chi connectivity index (χ1n) is 11.4. The molecule has 0 bridgehead atoms. The van der Waals surface area contributed by atoms with Crippen LogP contribution < -0.4 is 0 Å². The predicted octanol–water partition coefficient (Wildman–Crippen LogP) is 7.11. The molecule has 4 aromatic rings. The van der Waals surface area contributed by atoms with E-state index in [1.807, 2.05) is 29.6 Å². The number of carbonyl (C=O) groups is 2. The number of aromatic nitrogens is 2. The van der Waals surface area contributed by atoms with Gasteiger partial charge in [0, 0.05) is 26.8 Å². The highest BCUT2D eigenvalue weighted by molar-refractivity contribution is 9.10. The Morgan fingerprint density at radius 3 is 2.76 bits per heavy atom. The lowest BCUT2D eigenvalue weighted by atomic mass is 10.0. The number of esters is 2. The van der Waals surface area contributed by atoms with Gasteiger partial charge in [0.15, 0.2) is 0 Å². The van der Waals surface area contributed by atoms with E-state index in [0.717, 1.165) is 15.6 Å². The minimum Gasteiger partial charge on any atom is -0.385 e. The van der Waals surface area contributed by atoms with Crippen molar-refractivity contribution in [3.05, 3.63) is 67.3 Å². The van der Waals surface area contributed by atoms with Crippen LogP contribution in [0.5, 0.6) is 0 Å². The average molecular weight is 626 g/mol. The van der Waals surface area contributed by atoms with E-state index in [9.17, 15) is 22.8 Å². The molecule has 3 aromatic heterocycles. The highest BCUT2D eigenvalue weighted by Gasteiger charge is 2.46. The summed E-state index contributed by atoms with van der Waals surface area (Å²) < 4.78 is 49.1. The first-order valence-corrected chi connectivity index (χ1v) is 14.0. The smallest absolute Gasteiger partial charge is 0.385 e. The van der Waals surface area contributed by atoms with Gasteiger partial charge in [0.05, 0.1) is 17.3 Å². The number of rotatable bonds is 6. The van der Waals surface area contributed by atoms with Gasteiger partial charge in [-0.3, -0.25) is 4.90 Å². The van der Waals surface area contributed by atoms with Crippen LogP contribution in [0.2, 0.25) is 0 Å². The number of likely N-dealkylation sites (tertiary alicyclic amines) is 1. The molecule has 198 valence electrons. The average Bonchev–Trinajstić information content (AvgIpc) is 3.66. The van der Waals surface area contributed by atoms with Gasteiger partial charge >= 0.3 is 18.1 Å². The van der Waals surface area contributed by atoms with Crippen LogP contribution in [0.3, 0.4) is 0 Å². The van der Waals surface area contributed by atoms with Crippen LogP contribution in [-0.4, -0.2) is 39.7 Å². The molecule has 0 N–H and O–H groups in total. The number of hydrogen-bond acceptors (Lipinski definition) is 9. The molecule has 0 radical (unpaired) electrons. The molecule has 0 saturated carbocycles. The lowest BCUT2D eigenvalue weighted by molar-refractivity contribution is -0.203. The van der Waals surface area contributed by atoms with Crippen LogP contribution >= 0.6 is 38.6 Å². The molecular formula is C25H19BrF3N3O4S2. The van der Waals surface area contributed by atoms with E-state index in [4.69, 9.17) is 9.51 Å². The van der Waals surface area contributed by atoms with Crippen molar-refractivity contribution < 1.29 is 32.0 Å².